The number of rotatable bonds is 9. The molecule has 1 saturated carbocycles. The zero-order valence-electron chi connectivity index (χ0n) is 17.2. The maximum absolute atomic E-state index is 13.0. The van der Waals surface area contributed by atoms with E-state index in [-0.39, 0.29) is 36.0 Å². The molecule has 0 radical (unpaired) electrons. The summed E-state index contributed by atoms with van der Waals surface area (Å²) >= 11 is 0. The van der Waals surface area contributed by atoms with Gasteiger partial charge in [0.05, 0.1) is 19.8 Å². The van der Waals surface area contributed by atoms with Crippen LogP contribution in [0.2, 0.25) is 0 Å². The van der Waals surface area contributed by atoms with E-state index in [1.54, 1.807) is 43.4 Å². The smallest absolute Gasteiger partial charge is 0.276 e. The summed E-state index contributed by atoms with van der Waals surface area (Å²) in [5.74, 6) is 1.34. The molecule has 2 amide bonds. The maximum Gasteiger partial charge on any atom is 0.276 e. The van der Waals surface area contributed by atoms with Gasteiger partial charge in [-0.25, -0.2) is 0 Å². The molecule has 1 heterocycles. The van der Waals surface area contributed by atoms with Gasteiger partial charge in [-0.3, -0.25) is 9.59 Å². The molecule has 1 aliphatic rings. The van der Waals surface area contributed by atoms with E-state index in [0.29, 0.717) is 29.4 Å². The van der Waals surface area contributed by atoms with Crippen molar-refractivity contribution in [3.63, 3.8) is 0 Å². The van der Waals surface area contributed by atoms with Crippen LogP contribution >= 0.6 is 0 Å². The van der Waals surface area contributed by atoms with Crippen molar-refractivity contribution in [2.24, 2.45) is 0 Å². The monoisotopic (exact) mass is 401 g/mol. The Hall–Kier alpha value is -3.03. The molecule has 1 aromatic heterocycles. The van der Waals surface area contributed by atoms with Crippen LogP contribution in [0.1, 0.15) is 43.6 Å². The summed E-state index contributed by atoms with van der Waals surface area (Å²) in [6, 6.07) is 7.14. The molecule has 1 fully saturated rings. The van der Waals surface area contributed by atoms with E-state index in [2.05, 4.69) is 10.5 Å². The second-order valence-electron chi connectivity index (χ2n) is 7.34. The molecule has 3 rings (SSSR count). The second-order valence-corrected chi connectivity index (χ2v) is 7.34. The van der Waals surface area contributed by atoms with E-state index in [9.17, 15) is 9.59 Å². The molecule has 156 valence electrons. The lowest BCUT2D eigenvalue weighted by molar-refractivity contribution is -0.121. The van der Waals surface area contributed by atoms with Crippen LogP contribution in [0.5, 0.6) is 11.5 Å². The van der Waals surface area contributed by atoms with Crippen LogP contribution in [0.4, 0.5) is 0 Å². The molecule has 0 unspecified atom stereocenters. The quantitative estimate of drug-likeness (QED) is 0.694. The van der Waals surface area contributed by atoms with E-state index in [1.807, 2.05) is 13.8 Å². The van der Waals surface area contributed by atoms with Crippen LogP contribution in [0.25, 0.3) is 11.3 Å². The zero-order chi connectivity index (χ0) is 21.0. The summed E-state index contributed by atoms with van der Waals surface area (Å²) < 4.78 is 16.1. The van der Waals surface area contributed by atoms with Crippen molar-refractivity contribution in [1.82, 2.24) is 15.4 Å². The van der Waals surface area contributed by atoms with Crippen molar-refractivity contribution in [2.75, 3.05) is 20.8 Å². The summed E-state index contributed by atoms with van der Waals surface area (Å²) in [5.41, 5.74) is 0.855. The number of benzene rings is 1. The fourth-order valence-corrected chi connectivity index (χ4v) is 3.11. The lowest BCUT2D eigenvalue weighted by Gasteiger charge is -2.21. The number of nitrogens with zero attached hydrogens (tertiary/aromatic N) is 2. The van der Waals surface area contributed by atoms with Crippen molar-refractivity contribution in [1.29, 1.82) is 0 Å². The van der Waals surface area contributed by atoms with Crippen LogP contribution < -0.4 is 14.8 Å². The van der Waals surface area contributed by atoms with Gasteiger partial charge < -0.3 is 24.2 Å². The number of amides is 2. The van der Waals surface area contributed by atoms with Crippen LogP contribution in [0.3, 0.4) is 0 Å². The SMILES string of the molecule is COc1ccc(OC)c(-c2cc(C(=O)N(CCC(=O)NC(C)C)C3CC3)no2)c1. The number of carbonyl (C=O) groups excluding carboxylic acids is 2. The second kappa shape index (κ2) is 8.98. The molecule has 0 atom stereocenters. The number of carbonyl (C=O) groups is 2. The molecule has 8 heteroatoms. The zero-order valence-corrected chi connectivity index (χ0v) is 17.2. The highest BCUT2D eigenvalue weighted by molar-refractivity contribution is 5.94. The predicted octanol–water partition coefficient (Wildman–Crippen LogP) is 2.88. The van der Waals surface area contributed by atoms with Gasteiger partial charge in [0, 0.05) is 31.1 Å². The van der Waals surface area contributed by atoms with Crippen molar-refractivity contribution >= 4 is 11.8 Å². The molecule has 2 aromatic rings. The highest BCUT2D eigenvalue weighted by Crippen LogP contribution is 2.34. The molecule has 0 saturated heterocycles. The average Bonchev–Trinajstić information content (AvgIpc) is 3.41. The summed E-state index contributed by atoms with van der Waals surface area (Å²) in [6.45, 7) is 4.17. The first-order chi connectivity index (χ1) is 13.9. The number of ether oxygens (including phenoxy) is 2. The van der Waals surface area contributed by atoms with Gasteiger partial charge >= 0.3 is 0 Å². The lowest BCUT2D eigenvalue weighted by atomic mass is 10.1. The molecular formula is C21H27N3O5. The normalized spacial score (nSPS) is 13.3. The molecular weight excluding hydrogens is 374 g/mol. The van der Waals surface area contributed by atoms with Crippen molar-refractivity contribution in [2.45, 2.75) is 45.2 Å². The summed E-state index contributed by atoms with van der Waals surface area (Å²) in [5, 5.41) is 6.82. The minimum Gasteiger partial charge on any atom is -0.497 e. The molecule has 29 heavy (non-hydrogen) atoms. The van der Waals surface area contributed by atoms with Gasteiger partial charge in [-0.2, -0.15) is 0 Å². The Morgan fingerprint density at radius 1 is 1.24 bits per heavy atom. The number of hydrogen-bond donors (Lipinski definition) is 1. The standard InChI is InChI=1S/C21H27N3O5/c1-13(2)22-20(25)9-10-24(14-5-6-14)21(26)17-12-19(29-23-17)16-11-15(27-3)7-8-18(16)28-4/h7-8,11-14H,5-6,9-10H2,1-4H3,(H,22,25). The molecule has 0 spiro atoms. The van der Waals surface area contributed by atoms with Crippen molar-refractivity contribution in [3.8, 4) is 22.8 Å². The fraction of sp³-hybridized carbons (Fsp3) is 0.476. The van der Waals surface area contributed by atoms with E-state index < -0.39 is 0 Å². The Kier molecular flexibility index (Phi) is 6.41. The van der Waals surface area contributed by atoms with Crippen LogP contribution in [-0.2, 0) is 4.79 Å². The van der Waals surface area contributed by atoms with Gasteiger partial charge in [-0.15, -0.1) is 0 Å². The molecule has 1 N–H and O–H groups in total. The summed E-state index contributed by atoms with van der Waals surface area (Å²) in [7, 11) is 3.13. The number of methoxy groups -OCH3 is 2. The van der Waals surface area contributed by atoms with Gasteiger partial charge in [-0.1, -0.05) is 5.16 Å². The largest absolute Gasteiger partial charge is 0.497 e. The fourth-order valence-electron chi connectivity index (χ4n) is 3.11. The van der Waals surface area contributed by atoms with Gasteiger partial charge in [0.1, 0.15) is 11.5 Å². The van der Waals surface area contributed by atoms with E-state index in [4.69, 9.17) is 14.0 Å². The summed E-state index contributed by atoms with van der Waals surface area (Å²) in [6.07, 6.45) is 2.13. The Bertz CT molecular complexity index is 873. The highest BCUT2D eigenvalue weighted by atomic mass is 16.5. The van der Waals surface area contributed by atoms with Crippen molar-refractivity contribution < 1.29 is 23.6 Å². The Labute approximate surface area is 170 Å². The Balaban J connectivity index is 1.76. The van der Waals surface area contributed by atoms with E-state index in [0.717, 1.165) is 12.8 Å². The highest BCUT2D eigenvalue weighted by Gasteiger charge is 2.34. The van der Waals surface area contributed by atoms with E-state index in [1.165, 1.54) is 0 Å². The van der Waals surface area contributed by atoms with Crippen LogP contribution in [-0.4, -0.2) is 54.7 Å². The minimum atomic E-state index is -0.235. The molecule has 1 aliphatic carbocycles. The first kappa shape index (κ1) is 20.7. The predicted molar refractivity (Wildman–Crippen MR) is 107 cm³/mol. The van der Waals surface area contributed by atoms with Crippen LogP contribution in [0, 0.1) is 0 Å². The van der Waals surface area contributed by atoms with E-state index >= 15 is 0 Å². The molecule has 8 nitrogen and oxygen atoms in total. The van der Waals surface area contributed by atoms with Gasteiger partial charge in [0.2, 0.25) is 5.91 Å². The molecule has 0 bridgehead atoms. The first-order valence-corrected chi connectivity index (χ1v) is 9.72. The number of aromatic nitrogens is 1. The van der Waals surface area contributed by atoms with Gasteiger partial charge in [0.25, 0.3) is 5.91 Å². The van der Waals surface area contributed by atoms with Gasteiger partial charge in [0.15, 0.2) is 11.5 Å². The Morgan fingerprint density at radius 3 is 2.62 bits per heavy atom. The summed E-state index contributed by atoms with van der Waals surface area (Å²) in [4.78, 5) is 26.7. The number of hydrogen-bond acceptors (Lipinski definition) is 6. The third-order valence-electron chi connectivity index (χ3n) is 4.68. The molecule has 1 aromatic carbocycles. The third kappa shape index (κ3) is 5.07. The minimum absolute atomic E-state index is 0.0691. The topological polar surface area (TPSA) is 93.9 Å². The van der Waals surface area contributed by atoms with Gasteiger partial charge in [-0.05, 0) is 44.9 Å². The van der Waals surface area contributed by atoms with Crippen molar-refractivity contribution in [3.05, 3.63) is 30.0 Å². The molecule has 0 aliphatic heterocycles. The first-order valence-electron chi connectivity index (χ1n) is 9.72. The van der Waals surface area contributed by atoms with Crippen LogP contribution in [0.15, 0.2) is 28.8 Å². The third-order valence-corrected chi connectivity index (χ3v) is 4.68. The average molecular weight is 401 g/mol. The lowest BCUT2D eigenvalue weighted by Crippen LogP contribution is -2.38. The number of nitrogens with one attached hydrogen (secondary N) is 1. The maximum atomic E-state index is 13.0. The Morgan fingerprint density at radius 2 is 2.00 bits per heavy atom.